The van der Waals surface area contributed by atoms with Crippen molar-refractivity contribution in [1.29, 1.82) is 0 Å². The fourth-order valence-corrected chi connectivity index (χ4v) is 5.74. The Balaban J connectivity index is 1.82. The average Bonchev–Trinajstić information content (AvgIpc) is 3.32. The van der Waals surface area contributed by atoms with Gasteiger partial charge in [0.2, 0.25) is 0 Å². The molecule has 8 heteroatoms. The maximum absolute atomic E-state index is 14.0. The zero-order chi connectivity index (χ0) is 24.7. The number of hydrogen-bond acceptors (Lipinski definition) is 6. The van der Waals surface area contributed by atoms with Crippen molar-refractivity contribution in [3.05, 3.63) is 109 Å². The highest BCUT2D eigenvalue weighted by atomic mass is 32.1. The molecule has 2 aliphatic heterocycles. The molecule has 176 valence electrons. The largest absolute Gasteiger partial charge is 0.463 e. The third-order valence-electron chi connectivity index (χ3n) is 6.07. The number of rotatable bonds is 5. The van der Waals surface area contributed by atoms with Crippen molar-refractivity contribution >= 4 is 34.5 Å². The van der Waals surface area contributed by atoms with E-state index in [9.17, 15) is 14.4 Å². The molecule has 3 heterocycles. The molecule has 2 aromatic carbocycles. The average molecular weight is 486 g/mol. The van der Waals surface area contributed by atoms with Gasteiger partial charge in [0, 0.05) is 12.1 Å². The molecule has 0 radical (unpaired) electrons. The number of ether oxygens (including phenoxy) is 1. The molecule has 0 unspecified atom stereocenters. The van der Waals surface area contributed by atoms with Gasteiger partial charge in [0.05, 0.1) is 35.2 Å². The molecule has 0 aliphatic carbocycles. The summed E-state index contributed by atoms with van der Waals surface area (Å²) < 4.78 is 7.13. The van der Waals surface area contributed by atoms with Crippen LogP contribution in [0.3, 0.4) is 0 Å². The lowest BCUT2D eigenvalue weighted by Crippen LogP contribution is -2.41. The second-order valence-corrected chi connectivity index (χ2v) is 9.11. The molecule has 2 aliphatic rings. The zero-order valence-corrected chi connectivity index (χ0v) is 20.2. The van der Waals surface area contributed by atoms with E-state index in [0.29, 0.717) is 38.3 Å². The molecule has 0 saturated heterocycles. The summed E-state index contributed by atoms with van der Waals surface area (Å²) in [7, 11) is 0. The van der Waals surface area contributed by atoms with E-state index in [0.717, 1.165) is 22.6 Å². The highest BCUT2D eigenvalue weighted by molar-refractivity contribution is 7.07. The first kappa shape index (κ1) is 22.7. The van der Waals surface area contributed by atoms with Crippen molar-refractivity contribution in [3.63, 3.8) is 0 Å². The van der Waals surface area contributed by atoms with Gasteiger partial charge in [0.1, 0.15) is 4.53 Å². The van der Waals surface area contributed by atoms with Crippen LogP contribution in [-0.2, 0) is 14.3 Å². The highest BCUT2D eigenvalue weighted by Gasteiger charge is 2.36. The van der Waals surface area contributed by atoms with E-state index < -0.39 is 12.0 Å². The zero-order valence-electron chi connectivity index (χ0n) is 19.4. The molecular weight excluding hydrogens is 462 g/mol. The Labute approximate surface area is 205 Å². The molecule has 1 amide bonds. The van der Waals surface area contributed by atoms with Gasteiger partial charge >= 0.3 is 5.97 Å². The lowest BCUT2D eigenvalue weighted by atomic mass is 9.96. The fourth-order valence-electron chi connectivity index (χ4n) is 4.60. The number of thiazole rings is 1. The predicted octanol–water partition coefficient (Wildman–Crippen LogP) is 2.70. The van der Waals surface area contributed by atoms with Crippen molar-refractivity contribution in [3.8, 4) is 0 Å². The maximum atomic E-state index is 14.0. The number of nitrogens with zero attached hydrogens (tertiary/aromatic N) is 3. The van der Waals surface area contributed by atoms with Gasteiger partial charge < -0.3 is 9.64 Å². The number of aromatic nitrogens is 1. The van der Waals surface area contributed by atoms with Crippen LogP contribution in [-0.4, -0.2) is 29.6 Å². The van der Waals surface area contributed by atoms with Crippen LogP contribution in [0.2, 0.25) is 0 Å². The van der Waals surface area contributed by atoms with Crippen molar-refractivity contribution in [2.24, 2.45) is 4.99 Å². The highest BCUT2D eigenvalue weighted by Crippen LogP contribution is 2.35. The summed E-state index contributed by atoms with van der Waals surface area (Å²) >= 11 is 1.16. The summed E-state index contributed by atoms with van der Waals surface area (Å²) in [6.07, 6.45) is 1.66. The van der Waals surface area contributed by atoms with Crippen LogP contribution >= 0.6 is 11.3 Å². The molecule has 5 rings (SSSR count). The number of para-hydroxylation sites is 1. The Morgan fingerprint density at radius 1 is 1.14 bits per heavy atom. The Morgan fingerprint density at radius 2 is 1.86 bits per heavy atom. The van der Waals surface area contributed by atoms with E-state index in [2.05, 4.69) is 11.6 Å². The lowest BCUT2D eigenvalue weighted by Gasteiger charge is -2.24. The van der Waals surface area contributed by atoms with Crippen LogP contribution < -0.4 is 19.8 Å². The second-order valence-electron chi connectivity index (χ2n) is 8.13. The van der Waals surface area contributed by atoms with Crippen LogP contribution in [0.1, 0.15) is 31.0 Å². The van der Waals surface area contributed by atoms with Gasteiger partial charge in [-0.1, -0.05) is 65.9 Å². The fraction of sp³-hybridized carbons (Fsp3) is 0.185. The summed E-state index contributed by atoms with van der Waals surface area (Å²) in [5.74, 6) is -0.769. The van der Waals surface area contributed by atoms with Gasteiger partial charge in [-0.2, -0.15) is 0 Å². The van der Waals surface area contributed by atoms with Gasteiger partial charge in [-0.25, -0.2) is 9.79 Å². The van der Waals surface area contributed by atoms with Crippen LogP contribution in [0, 0.1) is 0 Å². The molecule has 0 N–H and O–H groups in total. The quantitative estimate of drug-likeness (QED) is 0.411. The maximum Gasteiger partial charge on any atom is 0.338 e. The third kappa shape index (κ3) is 3.57. The minimum absolute atomic E-state index is 0.204. The normalized spacial score (nSPS) is 18.2. The molecule has 1 aromatic heterocycles. The van der Waals surface area contributed by atoms with Gasteiger partial charge in [-0.3, -0.25) is 14.2 Å². The number of fused-ring (bicyclic) bond motifs is 2. The smallest absolute Gasteiger partial charge is 0.338 e. The number of hydrogen-bond donors (Lipinski definition) is 0. The summed E-state index contributed by atoms with van der Waals surface area (Å²) in [5, 5.41) is 0. The lowest BCUT2D eigenvalue weighted by molar-refractivity contribution is -0.139. The molecule has 0 bridgehead atoms. The van der Waals surface area contributed by atoms with Gasteiger partial charge in [-0.15, -0.1) is 6.58 Å². The van der Waals surface area contributed by atoms with Crippen molar-refractivity contribution < 1.29 is 14.3 Å². The van der Waals surface area contributed by atoms with E-state index >= 15 is 0 Å². The van der Waals surface area contributed by atoms with E-state index in [4.69, 9.17) is 4.74 Å². The standard InChI is InChI=1S/C27H23N3O4S/c1-4-15-29-19-14-10-9-13-18(19)21(24(29)31)23-25(32)30-22(17-11-7-6-8-12-17)20(26(33)34-5-2)16(3)28-27(30)35-23/h4,6-14,22H,1,5,15H2,2-3H3/b23-21-/t22-/m0/s1. The van der Waals surface area contributed by atoms with E-state index in [1.54, 1.807) is 24.8 Å². The summed E-state index contributed by atoms with van der Waals surface area (Å²) in [5.41, 5.74) is 2.97. The Kier molecular flexibility index (Phi) is 5.82. The first-order valence-corrected chi connectivity index (χ1v) is 12.1. The Hall–Kier alpha value is -4.04. The minimum Gasteiger partial charge on any atom is -0.463 e. The molecule has 7 nitrogen and oxygen atoms in total. The summed E-state index contributed by atoms with van der Waals surface area (Å²) in [6, 6.07) is 16.0. The molecule has 1 atom stereocenters. The third-order valence-corrected chi connectivity index (χ3v) is 7.12. The van der Waals surface area contributed by atoms with Crippen LogP contribution in [0.25, 0.3) is 5.57 Å². The summed E-state index contributed by atoms with van der Waals surface area (Å²) in [4.78, 5) is 47.1. The molecule has 0 saturated carbocycles. The second kappa shape index (κ2) is 8.96. The van der Waals surface area contributed by atoms with Crippen LogP contribution in [0.5, 0.6) is 0 Å². The monoisotopic (exact) mass is 485 g/mol. The molecule has 35 heavy (non-hydrogen) atoms. The first-order chi connectivity index (χ1) is 17.0. The SMILES string of the molecule is C=CCN1C(=O)/C(=c2\sc3n(c2=O)[C@@H](c2ccccc2)C(C(=O)OCC)=C(C)N=3)c2ccccc21. The van der Waals surface area contributed by atoms with Crippen molar-refractivity contribution in [2.45, 2.75) is 19.9 Å². The number of benzene rings is 2. The number of carbonyl (C=O) groups is 2. The van der Waals surface area contributed by atoms with E-state index in [-0.39, 0.29) is 18.1 Å². The minimum atomic E-state index is -0.711. The predicted molar refractivity (Wildman–Crippen MR) is 135 cm³/mol. The van der Waals surface area contributed by atoms with Gasteiger partial charge in [-0.05, 0) is 25.5 Å². The van der Waals surface area contributed by atoms with Crippen molar-refractivity contribution in [2.75, 3.05) is 18.1 Å². The molecule has 0 fully saturated rings. The Morgan fingerprint density at radius 3 is 2.57 bits per heavy atom. The molecule has 3 aromatic rings. The molecule has 0 spiro atoms. The van der Waals surface area contributed by atoms with Crippen LogP contribution in [0.15, 0.2) is 88.3 Å². The number of anilines is 1. The topological polar surface area (TPSA) is 81.0 Å². The first-order valence-electron chi connectivity index (χ1n) is 11.3. The van der Waals surface area contributed by atoms with Crippen LogP contribution in [0.4, 0.5) is 5.69 Å². The van der Waals surface area contributed by atoms with Gasteiger partial charge in [0.25, 0.3) is 11.5 Å². The number of esters is 1. The van der Waals surface area contributed by atoms with Gasteiger partial charge in [0.15, 0.2) is 4.80 Å². The Bertz CT molecular complexity index is 1580. The number of carbonyl (C=O) groups excluding carboxylic acids is 2. The van der Waals surface area contributed by atoms with E-state index in [1.165, 1.54) is 4.57 Å². The number of allylic oxidation sites excluding steroid dienone is 1. The molecular formula is C27H23N3O4S. The van der Waals surface area contributed by atoms with Crippen molar-refractivity contribution in [1.82, 2.24) is 4.57 Å². The summed E-state index contributed by atoms with van der Waals surface area (Å²) in [6.45, 7) is 7.77. The number of amides is 1. The van der Waals surface area contributed by atoms with E-state index in [1.807, 2.05) is 54.6 Å².